The lowest BCUT2D eigenvalue weighted by atomic mass is 10.2. The highest BCUT2D eigenvalue weighted by molar-refractivity contribution is 7.10. The lowest BCUT2D eigenvalue weighted by molar-refractivity contribution is -0.130. The number of carbonyl (C=O) groups is 2. The van der Waals surface area contributed by atoms with Gasteiger partial charge in [-0.15, -0.1) is 11.3 Å². The third-order valence-electron chi connectivity index (χ3n) is 2.33. The Morgan fingerprint density at radius 3 is 2.65 bits per heavy atom. The summed E-state index contributed by atoms with van der Waals surface area (Å²) in [6.45, 7) is 2.36. The highest BCUT2D eigenvalue weighted by Gasteiger charge is 2.14. The fourth-order valence-electron chi connectivity index (χ4n) is 1.33. The normalized spacial score (nSPS) is 12.2. The van der Waals surface area contributed by atoms with E-state index < -0.39 is 5.91 Å². The summed E-state index contributed by atoms with van der Waals surface area (Å²) in [6, 6.07) is 1.50. The van der Waals surface area contributed by atoms with Gasteiger partial charge in [-0.3, -0.25) is 9.59 Å². The molecule has 1 unspecified atom stereocenters. The molecule has 2 amide bonds. The van der Waals surface area contributed by atoms with Crippen LogP contribution in [0, 0.1) is 0 Å². The number of hydrogen-bond donors (Lipinski definition) is 2. The molecule has 3 N–H and O–H groups in total. The molecule has 0 aliphatic rings. The van der Waals surface area contributed by atoms with Crippen LogP contribution in [0.5, 0.6) is 0 Å². The maximum Gasteiger partial charge on any atom is 0.249 e. The fourth-order valence-corrected chi connectivity index (χ4v) is 2.16. The average Bonchev–Trinajstić information content (AvgIpc) is 2.73. The zero-order valence-corrected chi connectivity index (χ0v) is 11.0. The zero-order valence-electron chi connectivity index (χ0n) is 10.2. The molecule has 0 aliphatic heterocycles. The van der Waals surface area contributed by atoms with E-state index >= 15 is 0 Å². The minimum atomic E-state index is -0.426. The van der Waals surface area contributed by atoms with E-state index in [0.29, 0.717) is 12.1 Å². The summed E-state index contributed by atoms with van der Waals surface area (Å²) in [5.74, 6) is -0.401. The van der Waals surface area contributed by atoms with Gasteiger partial charge in [0.1, 0.15) is 0 Å². The third-order valence-corrected chi connectivity index (χ3v) is 3.27. The van der Waals surface area contributed by atoms with Gasteiger partial charge < -0.3 is 16.0 Å². The van der Waals surface area contributed by atoms with Gasteiger partial charge >= 0.3 is 0 Å². The predicted molar refractivity (Wildman–Crippen MR) is 67.8 cm³/mol. The average molecular weight is 255 g/mol. The number of thiophene rings is 1. The van der Waals surface area contributed by atoms with Crippen LogP contribution in [0.2, 0.25) is 0 Å². The molecule has 0 aromatic carbocycles. The van der Waals surface area contributed by atoms with Crippen LogP contribution in [-0.2, 0) is 11.3 Å². The van der Waals surface area contributed by atoms with E-state index in [1.54, 1.807) is 30.4 Å². The maximum atomic E-state index is 11.6. The summed E-state index contributed by atoms with van der Waals surface area (Å²) in [5, 5.41) is 4.82. The van der Waals surface area contributed by atoms with Crippen LogP contribution in [0.1, 0.15) is 22.2 Å². The van der Waals surface area contributed by atoms with Gasteiger partial charge in [-0.1, -0.05) is 0 Å². The van der Waals surface area contributed by atoms with E-state index in [-0.39, 0.29) is 11.9 Å². The monoisotopic (exact) mass is 255 g/mol. The Bertz CT molecular complexity index is 415. The maximum absolute atomic E-state index is 11.6. The highest BCUT2D eigenvalue weighted by atomic mass is 32.1. The molecule has 0 bridgehead atoms. The van der Waals surface area contributed by atoms with Crippen molar-refractivity contribution in [3.63, 3.8) is 0 Å². The summed E-state index contributed by atoms with van der Waals surface area (Å²) < 4.78 is 0. The van der Waals surface area contributed by atoms with Crippen LogP contribution in [0.25, 0.3) is 0 Å². The number of hydrogen-bond acceptors (Lipinski definition) is 4. The smallest absolute Gasteiger partial charge is 0.249 e. The Morgan fingerprint density at radius 1 is 1.53 bits per heavy atom. The van der Waals surface area contributed by atoms with Gasteiger partial charge in [0.05, 0.1) is 11.6 Å². The van der Waals surface area contributed by atoms with Crippen molar-refractivity contribution >= 4 is 23.2 Å². The Hall–Kier alpha value is -1.40. The summed E-state index contributed by atoms with van der Waals surface area (Å²) in [4.78, 5) is 25.0. The van der Waals surface area contributed by atoms with E-state index in [9.17, 15) is 9.59 Å². The van der Waals surface area contributed by atoms with Crippen LogP contribution in [0.15, 0.2) is 11.4 Å². The second-order valence-corrected chi connectivity index (χ2v) is 5.00. The number of nitrogens with zero attached hydrogens (tertiary/aromatic N) is 1. The summed E-state index contributed by atoms with van der Waals surface area (Å²) in [7, 11) is 3.44. The van der Waals surface area contributed by atoms with Gasteiger partial charge in [0.2, 0.25) is 11.8 Å². The summed E-state index contributed by atoms with van der Waals surface area (Å²) >= 11 is 1.45. The molecule has 0 spiro atoms. The van der Waals surface area contributed by atoms with E-state index in [1.165, 1.54) is 11.3 Å². The Kier molecular flexibility index (Phi) is 4.65. The molecule has 0 saturated carbocycles. The molecule has 5 nitrogen and oxygen atoms in total. The van der Waals surface area contributed by atoms with Gasteiger partial charge in [0.15, 0.2) is 0 Å². The quantitative estimate of drug-likeness (QED) is 0.800. The van der Waals surface area contributed by atoms with Gasteiger partial charge in [0.25, 0.3) is 0 Å². The molecule has 0 fully saturated rings. The number of carbonyl (C=O) groups excluding carboxylic acids is 2. The molecule has 94 valence electrons. The summed E-state index contributed by atoms with van der Waals surface area (Å²) in [6.07, 6.45) is 0. The predicted octanol–water partition coefficient (Wildman–Crippen LogP) is 0.413. The van der Waals surface area contributed by atoms with Crippen LogP contribution < -0.4 is 11.1 Å². The summed E-state index contributed by atoms with van der Waals surface area (Å²) in [5.41, 5.74) is 5.67. The first-order valence-corrected chi connectivity index (χ1v) is 6.11. The first-order valence-electron chi connectivity index (χ1n) is 5.23. The molecule has 0 radical (unpaired) electrons. The molecule has 1 heterocycles. The number of primary amides is 1. The van der Waals surface area contributed by atoms with Crippen molar-refractivity contribution in [2.45, 2.75) is 19.5 Å². The molecule has 1 rings (SSSR count). The number of nitrogens with one attached hydrogen (secondary N) is 1. The number of likely N-dealkylation sites (N-methyl/N-ethyl adjacent to an activating group) is 1. The molecule has 0 aliphatic carbocycles. The second kappa shape index (κ2) is 5.79. The van der Waals surface area contributed by atoms with Crippen molar-refractivity contribution in [3.05, 3.63) is 21.9 Å². The molecule has 1 aromatic rings. The van der Waals surface area contributed by atoms with E-state index in [4.69, 9.17) is 5.73 Å². The second-order valence-electron chi connectivity index (χ2n) is 4.00. The first kappa shape index (κ1) is 13.7. The number of amides is 2. The minimum Gasteiger partial charge on any atom is -0.366 e. The van der Waals surface area contributed by atoms with Crippen LogP contribution in [0.4, 0.5) is 0 Å². The minimum absolute atomic E-state index is 0.0247. The molecule has 1 aromatic heterocycles. The standard InChI is InChI=1S/C11H17N3O2S/c1-7(11(16)14(2)3)13-5-9-4-8(6-17-9)10(12)15/h4,6-7,13H,5H2,1-3H3,(H2,12,15). The van der Waals surface area contributed by atoms with E-state index in [1.807, 2.05) is 6.92 Å². The van der Waals surface area contributed by atoms with Crippen molar-refractivity contribution in [3.8, 4) is 0 Å². The molecule has 6 heteroatoms. The molecule has 0 saturated heterocycles. The van der Waals surface area contributed by atoms with Gasteiger partial charge in [-0.2, -0.15) is 0 Å². The number of rotatable bonds is 5. The fraction of sp³-hybridized carbons (Fsp3) is 0.455. The van der Waals surface area contributed by atoms with Gasteiger partial charge in [-0.05, 0) is 13.0 Å². The lowest BCUT2D eigenvalue weighted by Crippen LogP contribution is -2.40. The van der Waals surface area contributed by atoms with E-state index in [2.05, 4.69) is 5.32 Å². The van der Waals surface area contributed by atoms with Gasteiger partial charge in [-0.25, -0.2) is 0 Å². The van der Waals surface area contributed by atoms with Crippen molar-refractivity contribution in [1.29, 1.82) is 0 Å². The van der Waals surface area contributed by atoms with E-state index in [0.717, 1.165) is 4.88 Å². The SMILES string of the molecule is CC(NCc1cc(C(N)=O)cs1)C(=O)N(C)C. The molecular weight excluding hydrogens is 238 g/mol. The van der Waals surface area contributed by atoms with Crippen molar-refractivity contribution < 1.29 is 9.59 Å². The van der Waals surface area contributed by atoms with Crippen LogP contribution in [0.3, 0.4) is 0 Å². The molecular formula is C11H17N3O2S. The third kappa shape index (κ3) is 3.83. The largest absolute Gasteiger partial charge is 0.366 e. The number of nitrogens with two attached hydrogens (primary N) is 1. The Balaban J connectivity index is 2.50. The zero-order chi connectivity index (χ0) is 13.0. The van der Waals surface area contributed by atoms with Crippen molar-refractivity contribution in [2.24, 2.45) is 5.73 Å². The Morgan fingerprint density at radius 2 is 2.18 bits per heavy atom. The van der Waals surface area contributed by atoms with Crippen molar-refractivity contribution in [1.82, 2.24) is 10.2 Å². The first-order chi connectivity index (χ1) is 7.91. The Labute approximate surface area is 105 Å². The molecule has 17 heavy (non-hydrogen) atoms. The lowest BCUT2D eigenvalue weighted by Gasteiger charge is -2.17. The topological polar surface area (TPSA) is 75.4 Å². The molecule has 1 atom stereocenters. The van der Waals surface area contributed by atoms with Gasteiger partial charge in [0, 0.05) is 30.9 Å². The van der Waals surface area contributed by atoms with Crippen LogP contribution >= 0.6 is 11.3 Å². The van der Waals surface area contributed by atoms with Crippen molar-refractivity contribution in [2.75, 3.05) is 14.1 Å². The highest BCUT2D eigenvalue weighted by Crippen LogP contribution is 2.14. The van der Waals surface area contributed by atoms with Crippen LogP contribution in [-0.4, -0.2) is 36.9 Å².